The van der Waals surface area contributed by atoms with E-state index in [-0.39, 0.29) is 12.5 Å². The van der Waals surface area contributed by atoms with Crippen molar-refractivity contribution in [1.82, 2.24) is 5.32 Å². The average molecular weight is 377 g/mol. The van der Waals surface area contributed by atoms with Crippen LogP contribution in [-0.2, 0) is 14.8 Å². The SMILES string of the molecule is Cc1ccc(N(CC(=O)NC(C)(C)C)S(C)(=O)=O)cc1Br. The Kier molecular flexibility index (Phi) is 5.44. The quantitative estimate of drug-likeness (QED) is 0.877. The van der Waals surface area contributed by atoms with Crippen molar-refractivity contribution in [2.75, 3.05) is 17.1 Å². The van der Waals surface area contributed by atoms with E-state index < -0.39 is 15.6 Å². The zero-order valence-corrected chi connectivity index (χ0v) is 15.3. The second-order valence-electron chi connectivity index (χ2n) is 6.00. The molecule has 0 radical (unpaired) electrons. The van der Waals surface area contributed by atoms with E-state index in [1.165, 1.54) is 0 Å². The normalized spacial score (nSPS) is 12.1. The van der Waals surface area contributed by atoms with Gasteiger partial charge in [0.15, 0.2) is 0 Å². The number of hydrogen-bond acceptors (Lipinski definition) is 3. The van der Waals surface area contributed by atoms with E-state index in [1.807, 2.05) is 27.7 Å². The summed E-state index contributed by atoms with van der Waals surface area (Å²) in [5.74, 6) is -0.343. The number of amides is 1. The maximum absolute atomic E-state index is 12.0. The fourth-order valence-corrected chi connectivity index (χ4v) is 2.94. The number of nitrogens with one attached hydrogen (secondary N) is 1. The number of halogens is 1. The lowest BCUT2D eigenvalue weighted by Gasteiger charge is -2.26. The first-order chi connectivity index (χ1) is 9.40. The minimum Gasteiger partial charge on any atom is -0.350 e. The van der Waals surface area contributed by atoms with Crippen LogP contribution in [0.4, 0.5) is 5.69 Å². The Hall–Kier alpha value is -1.08. The van der Waals surface area contributed by atoms with Crippen molar-refractivity contribution >= 4 is 37.5 Å². The topological polar surface area (TPSA) is 66.5 Å². The van der Waals surface area contributed by atoms with Crippen LogP contribution >= 0.6 is 15.9 Å². The van der Waals surface area contributed by atoms with Gasteiger partial charge < -0.3 is 5.32 Å². The number of nitrogens with zero attached hydrogens (tertiary/aromatic N) is 1. The molecule has 0 spiro atoms. The molecule has 1 rings (SSSR count). The van der Waals surface area contributed by atoms with E-state index in [0.29, 0.717) is 5.69 Å². The maximum Gasteiger partial charge on any atom is 0.241 e. The van der Waals surface area contributed by atoms with Crippen molar-refractivity contribution in [3.8, 4) is 0 Å². The van der Waals surface area contributed by atoms with Crippen LogP contribution in [0.2, 0.25) is 0 Å². The van der Waals surface area contributed by atoms with E-state index in [4.69, 9.17) is 0 Å². The van der Waals surface area contributed by atoms with Crippen molar-refractivity contribution in [2.45, 2.75) is 33.2 Å². The molecule has 1 aromatic rings. The Morgan fingerprint density at radius 2 is 1.90 bits per heavy atom. The molecule has 0 fully saturated rings. The molecule has 0 unspecified atom stereocenters. The molecule has 0 atom stereocenters. The van der Waals surface area contributed by atoms with Crippen LogP contribution in [0.1, 0.15) is 26.3 Å². The summed E-state index contributed by atoms with van der Waals surface area (Å²) in [4.78, 5) is 12.0. The largest absolute Gasteiger partial charge is 0.350 e. The van der Waals surface area contributed by atoms with Crippen LogP contribution in [0.15, 0.2) is 22.7 Å². The Bertz CT molecular complexity index is 636. The van der Waals surface area contributed by atoms with Gasteiger partial charge in [-0.2, -0.15) is 0 Å². The summed E-state index contributed by atoms with van der Waals surface area (Å²) in [5, 5.41) is 2.76. The number of aryl methyl sites for hydroxylation is 1. The van der Waals surface area contributed by atoms with Crippen LogP contribution in [-0.4, -0.2) is 32.7 Å². The summed E-state index contributed by atoms with van der Waals surface area (Å²) in [5.41, 5.74) is 1.04. The highest BCUT2D eigenvalue weighted by Crippen LogP contribution is 2.25. The fraction of sp³-hybridized carbons (Fsp3) is 0.500. The molecule has 1 N–H and O–H groups in total. The number of benzene rings is 1. The second kappa shape index (κ2) is 6.36. The molecule has 0 bridgehead atoms. The number of carbonyl (C=O) groups is 1. The van der Waals surface area contributed by atoms with E-state index in [1.54, 1.807) is 18.2 Å². The minimum atomic E-state index is -3.55. The van der Waals surface area contributed by atoms with Gasteiger partial charge in [-0.1, -0.05) is 22.0 Å². The van der Waals surface area contributed by atoms with Crippen molar-refractivity contribution in [2.24, 2.45) is 0 Å². The van der Waals surface area contributed by atoms with Gasteiger partial charge in [0.05, 0.1) is 11.9 Å². The lowest BCUT2D eigenvalue weighted by atomic mass is 10.1. The summed E-state index contributed by atoms with van der Waals surface area (Å²) in [6, 6.07) is 5.19. The molecule has 1 aromatic carbocycles. The van der Waals surface area contributed by atoms with Crippen molar-refractivity contribution in [3.05, 3.63) is 28.2 Å². The van der Waals surface area contributed by atoms with Gasteiger partial charge in [0, 0.05) is 10.0 Å². The van der Waals surface area contributed by atoms with E-state index in [0.717, 1.165) is 20.6 Å². The fourth-order valence-electron chi connectivity index (χ4n) is 1.73. The molecule has 0 aromatic heterocycles. The number of rotatable bonds is 4. The lowest BCUT2D eigenvalue weighted by Crippen LogP contribution is -2.47. The third-order valence-electron chi connectivity index (χ3n) is 2.65. The van der Waals surface area contributed by atoms with Crippen LogP contribution in [0.5, 0.6) is 0 Å². The minimum absolute atomic E-state index is 0.244. The van der Waals surface area contributed by atoms with Crippen LogP contribution in [0, 0.1) is 6.92 Å². The summed E-state index contributed by atoms with van der Waals surface area (Å²) in [7, 11) is -3.55. The Balaban J connectivity index is 3.08. The molecule has 0 saturated heterocycles. The van der Waals surface area contributed by atoms with Crippen LogP contribution in [0.25, 0.3) is 0 Å². The first-order valence-corrected chi connectivity index (χ1v) is 9.09. The van der Waals surface area contributed by atoms with E-state index in [2.05, 4.69) is 21.2 Å². The van der Waals surface area contributed by atoms with Gasteiger partial charge in [-0.05, 0) is 45.4 Å². The third kappa shape index (κ3) is 5.67. The summed E-state index contributed by atoms with van der Waals surface area (Å²) in [6.45, 7) is 7.20. The Morgan fingerprint density at radius 3 is 2.33 bits per heavy atom. The average Bonchev–Trinajstić information content (AvgIpc) is 2.26. The number of hydrogen-bond donors (Lipinski definition) is 1. The van der Waals surface area contributed by atoms with Crippen LogP contribution in [0.3, 0.4) is 0 Å². The predicted molar refractivity (Wildman–Crippen MR) is 89.0 cm³/mol. The molecule has 0 heterocycles. The van der Waals surface area contributed by atoms with Crippen molar-refractivity contribution < 1.29 is 13.2 Å². The standard InChI is InChI=1S/C14H21BrN2O3S/c1-10-6-7-11(8-12(10)15)17(21(5,19)20)9-13(18)16-14(2,3)4/h6-8H,9H2,1-5H3,(H,16,18). The molecule has 5 nitrogen and oxygen atoms in total. The maximum atomic E-state index is 12.0. The molecule has 1 amide bonds. The molecule has 0 aliphatic rings. The van der Waals surface area contributed by atoms with Gasteiger partial charge in [-0.3, -0.25) is 9.10 Å². The van der Waals surface area contributed by atoms with Gasteiger partial charge in [0.2, 0.25) is 15.9 Å². The molecule has 0 aliphatic heterocycles. The molecular weight excluding hydrogens is 356 g/mol. The van der Waals surface area contributed by atoms with Gasteiger partial charge in [0.1, 0.15) is 6.54 Å². The molecule has 118 valence electrons. The first-order valence-electron chi connectivity index (χ1n) is 6.45. The summed E-state index contributed by atoms with van der Waals surface area (Å²) < 4.78 is 25.8. The second-order valence-corrected chi connectivity index (χ2v) is 8.76. The first kappa shape index (κ1) is 18.0. The highest BCUT2D eigenvalue weighted by molar-refractivity contribution is 9.10. The monoisotopic (exact) mass is 376 g/mol. The van der Waals surface area contributed by atoms with E-state index in [9.17, 15) is 13.2 Å². The smallest absolute Gasteiger partial charge is 0.241 e. The van der Waals surface area contributed by atoms with Crippen molar-refractivity contribution in [3.63, 3.8) is 0 Å². The summed E-state index contributed by atoms with van der Waals surface area (Å²) >= 11 is 3.37. The lowest BCUT2D eigenvalue weighted by molar-refractivity contribution is -0.121. The van der Waals surface area contributed by atoms with Gasteiger partial charge in [0.25, 0.3) is 0 Å². The Morgan fingerprint density at radius 1 is 1.33 bits per heavy atom. The van der Waals surface area contributed by atoms with Gasteiger partial charge in [-0.25, -0.2) is 8.42 Å². The number of anilines is 1. The molecular formula is C14H21BrN2O3S. The van der Waals surface area contributed by atoms with Crippen molar-refractivity contribution in [1.29, 1.82) is 0 Å². The highest BCUT2D eigenvalue weighted by Gasteiger charge is 2.23. The zero-order valence-electron chi connectivity index (χ0n) is 12.9. The third-order valence-corrected chi connectivity index (χ3v) is 4.64. The summed E-state index contributed by atoms with van der Waals surface area (Å²) in [6.07, 6.45) is 1.09. The molecule has 0 saturated carbocycles. The Labute approximate surface area is 134 Å². The van der Waals surface area contributed by atoms with Crippen LogP contribution < -0.4 is 9.62 Å². The number of carbonyl (C=O) groups excluding carboxylic acids is 1. The van der Waals surface area contributed by atoms with E-state index >= 15 is 0 Å². The molecule has 21 heavy (non-hydrogen) atoms. The highest BCUT2D eigenvalue weighted by atomic mass is 79.9. The zero-order chi connectivity index (χ0) is 16.4. The number of sulfonamides is 1. The molecule has 0 aliphatic carbocycles. The molecule has 7 heteroatoms. The predicted octanol–water partition coefficient (Wildman–Crippen LogP) is 2.44. The van der Waals surface area contributed by atoms with Gasteiger partial charge in [-0.15, -0.1) is 0 Å². The van der Waals surface area contributed by atoms with Gasteiger partial charge >= 0.3 is 0 Å².